The Kier molecular flexibility index (Phi) is 5.43. The molecule has 0 saturated carbocycles. The third kappa shape index (κ3) is 3.96. The molecule has 1 amide bonds. The summed E-state index contributed by atoms with van der Waals surface area (Å²) in [5.74, 6) is -0.0983. The smallest absolute Gasteiger partial charge is 0.253 e. The van der Waals surface area contributed by atoms with Gasteiger partial charge in [-0.15, -0.1) is 0 Å². The molecule has 110 valence electrons. The maximum atomic E-state index is 12.1. The zero-order chi connectivity index (χ0) is 14.5. The number of nitrogen functional groups attached to an aromatic ring is 1. The molecule has 2 rings (SSSR count). The first kappa shape index (κ1) is 15.3. The Morgan fingerprint density at radius 3 is 2.75 bits per heavy atom. The summed E-state index contributed by atoms with van der Waals surface area (Å²) in [4.78, 5) is 14.6. The quantitative estimate of drug-likeness (QED) is 0.829. The minimum absolute atomic E-state index is 0.0983. The van der Waals surface area contributed by atoms with E-state index < -0.39 is 0 Å². The predicted octanol–water partition coefficient (Wildman–Crippen LogP) is 2.64. The lowest BCUT2D eigenvalue weighted by atomic mass is 10.1. The molecule has 5 heteroatoms. The van der Waals surface area contributed by atoms with Crippen LogP contribution in [0, 0.1) is 0 Å². The second kappa shape index (κ2) is 7.09. The van der Waals surface area contributed by atoms with Crippen molar-refractivity contribution in [1.29, 1.82) is 0 Å². The summed E-state index contributed by atoms with van der Waals surface area (Å²) < 4.78 is 0.883. The number of nitrogens with zero attached hydrogens (tertiary/aromatic N) is 1. The molecule has 0 aromatic heterocycles. The number of benzene rings is 1. The van der Waals surface area contributed by atoms with Crippen LogP contribution in [0.1, 0.15) is 36.5 Å². The largest absolute Gasteiger partial charge is 0.398 e. The average molecular weight is 340 g/mol. The van der Waals surface area contributed by atoms with Crippen molar-refractivity contribution < 1.29 is 4.79 Å². The molecule has 1 unspecified atom stereocenters. The Labute approximate surface area is 128 Å². The molecule has 0 radical (unpaired) electrons. The predicted molar refractivity (Wildman–Crippen MR) is 85.8 cm³/mol. The minimum Gasteiger partial charge on any atom is -0.398 e. The van der Waals surface area contributed by atoms with Crippen LogP contribution in [0.4, 0.5) is 5.69 Å². The number of hydrogen-bond acceptors (Lipinski definition) is 3. The third-order valence-corrected chi connectivity index (χ3v) is 4.32. The number of hydrogen-bond donors (Lipinski definition) is 2. The maximum Gasteiger partial charge on any atom is 0.253 e. The highest BCUT2D eigenvalue weighted by atomic mass is 79.9. The highest BCUT2D eigenvalue weighted by Crippen LogP contribution is 2.18. The van der Waals surface area contributed by atoms with E-state index in [1.54, 1.807) is 12.1 Å². The zero-order valence-corrected chi connectivity index (χ0v) is 13.4. The lowest BCUT2D eigenvalue weighted by molar-refractivity contribution is 0.0931. The third-order valence-electron chi connectivity index (χ3n) is 3.83. The molecule has 1 aliphatic heterocycles. The highest BCUT2D eigenvalue weighted by Gasteiger charge is 2.18. The van der Waals surface area contributed by atoms with Crippen LogP contribution in [0.15, 0.2) is 22.7 Å². The van der Waals surface area contributed by atoms with Gasteiger partial charge in [0, 0.05) is 22.7 Å². The molecule has 1 atom stereocenters. The summed E-state index contributed by atoms with van der Waals surface area (Å²) in [6, 6.07) is 5.71. The van der Waals surface area contributed by atoms with Crippen LogP contribution in [-0.2, 0) is 0 Å². The van der Waals surface area contributed by atoms with Gasteiger partial charge in [-0.1, -0.05) is 22.4 Å². The first-order valence-electron chi connectivity index (χ1n) is 7.15. The van der Waals surface area contributed by atoms with Gasteiger partial charge < -0.3 is 11.1 Å². The van der Waals surface area contributed by atoms with Gasteiger partial charge >= 0.3 is 0 Å². The number of carbonyl (C=O) groups excluding carboxylic acids is 1. The van der Waals surface area contributed by atoms with E-state index in [2.05, 4.69) is 33.1 Å². The van der Waals surface area contributed by atoms with E-state index in [1.807, 2.05) is 6.07 Å². The monoisotopic (exact) mass is 339 g/mol. The summed E-state index contributed by atoms with van der Waals surface area (Å²) in [5.41, 5.74) is 6.91. The molecule has 1 fully saturated rings. The first-order chi connectivity index (χ1) is 9.58. The van der Waals surface area contributed by atoms with Crippen LogP contribution < -0.4 is 11.1 Å². The van der Waals surface area contributed by atoms with E-state index in [0.29, 0.717) is 23.8 Å². The van der Waals surface area contributed by atoms with Gasteiger partial charge in [0.25, 0.3) is 5.91 Å². The van der Waals surface area contributed by atoms with Crippen LogP contribution in [0.25, 0.3) is 0 Å². The lowest BCUT2D eigenvalue weighted by Crippen LogP contribution is -2.44. The van der Waals surface area contributed by atoms with Gasteiger partial charge in [0.1, 0.15) is 0 Å². The molecule has 0 aliphatic carbocycles. The summed E-state index contributed by atoms with van der Waals surface area (Å²) in [6.07, 6.45) is 3.85. The summed E-state index contributed by atoms with van der Waals surface area (Å²) in [6.45, 7) is 5.10. The highest BCUT2D eigenvalue weighted by molar-refractivity contribution is 9.10. The molecule has 1 saturated heterocycles. The number of nitrogens with one attached hydrogen (secondary N) is 1. The second-order valence-electron chi connectivity index (χ2n) is 5.39. The van der Waals surface area contributed by atoms with Crippen LogP contribution in [0.5, 0.6) is 0 Å². The molecule has 4 nitrogen and oxygen atoms in total. The summed E-state index contributed by atoms with van der Waals surface area (Å²) in [5, 5.41) is 2.98. The lowest BCUT2D eigenvalue weighted by Gasteiger charge is -2.32. The Morgan fingerprint density at radius 2 is 2.10 bits per heavy atom. The van der Waals surface area contributed by atoms with E-state index in [4.69, 9.17) is 5.73 Å². The summed E-state index contributed by atoms with van der Waals surface area (Å²) >= 11 is 3.34. The van der Waals surface area contributed by atoms with E-state index in [1.165, 1.54) is 19.3 Å². The average Bonchev–Trinajstić information content (AvgIpc) is 2.45. The van der Waals surface area contributed by atoms with Crippen molar-refractivity contribution in [3.05, 3.63) is 28.2 Å². The van der Waals surface area contributed by atoms with E-state index in [0.717, 1.165) is 17.6 Å². The van der Waals surface area contributed by atoms with E-state index in [-0.39, 0.29) is 5.91 Å². The molecule has 1 aromatic carbocycles. The van der Waals surface area contributed by atoms with E-state index in [9.17, 15) is 4.79 Å². The van der Waals surface area contributed by atoms with Crippen molar-refractivity contribution in [2.24, 2.45) is 0 Å². The second-order valence-corrected chi connectivity index (χ2v) is 6.30. The molecular weight excluding hydrogens is 318 g/mol. The van der Waals surface area contributed by atoms with Gasteiger partial charge in [-0.2, -0.15) is 0 Å². The molecule has 1 heterocycles. The van der Waals surface area contributed by atoms with Gasteiger partial charge in [0.05, 0.1) is 5.56 Å². The van der Waals surface area contributed by atoms with Crippen molar-refractivity contribution in [2.45, 2.75) is 32.2 Å². The molecule has 0 bridgehead atoms. The number of nitrogens with two attached hydrogens (primary N) is 1. The van der Waals surface area contributed by atoms with Crippen LogP contribution in [0.2, 0.25) is 0 Å². The van der Waals surface area contributed by atoms with Gasteiger partial charge in [-0.25, -0.2) is 0 Å². The number of amides is 1. The molecule has 1 aromatic rings. The van der Waals surface area contributed by atoms with Crippen molar-refractivity contribution in [1.82, 2.24) is 10.2 Å². The van der Waals surface area contributed by atoms with Gasteiger partial charge in [-0.3, -0.25) is 9.69 Å². The number of piperidine rings is 1. The Morgan fingerprint density at radius 1 is 1.40 bits per heavy atom. The van der Waals surface area contributed by atoms with Crippen molar-refractivity contribution in [2.75, 3.05) is 25.4 Å². The zero-order valence-electron chi connectivity index (χ0n) is 11.9. The van der Waals surface area contributed by atoms with Crippen LogP contribution >= 0.6 is 15.9 Å². The Balaban J connectivity index is 1.88. The van der Waals surface area contributed by atoms with Crippen LogP contribution in [-0.4, -0.2) is 36.5 Å². The standard InChI is InChI=1S/C15H22BrN3O/c1-11(19-7-3-2-4-8-19)10-18-15(20)13-6-5-12(16)9-14(13)17/h5-6,9,11H,2-4,7-8,10,17H2,1H3,(H,18,20). The Hall–Kier alpha value is -1.07. The van der Waals surface area contributed by atoms with Crippen molar-refractivity contribution >= 4 is 27.5 Å². The number of likely N-dealkylation sites (tertiary alicyclic amines) is 1. The van der Waals surface area contributed by atoms with Crippen LogP contribution in [0.3, 0.4) is 0 Å². The summed E-state index contributed by atoms with van der Waals surface area (Å²) in [7, 11) is 0. The number of halogens is 1. The fourth-order valence-corrected chi connectivity index (χ4v) is 2.94. The van der Waals surface area contributed by atoms with Gasteiger partial charge in [0.2, 0.25) is 0 Å². The van der Waals surface area contributed by atoms with E-state index >= 15 is 0 Å². The molecule has 1 aliphatic rings. The Bertz CT molecular complexity index is 472. The number of rotatable bonds is 4. The van der Waals surface area contributed by atoms with Crippen molar-refractivity contribution in [3.63, 3.8) is 0 Å². The normalized spacial score (nSPS) is 17.7. The first-order valence-corrected chi connectivity index (χ1v) is 7.94. The molecule has 20 heavy (non-hydrogen) atoms. The van der Waals surface area contributed by atoms with Crippen molar-refractivity contribution in [3.8, 4) is 0 Å². The SMILES string of the molecule is CC(CNC(=O)c1ccc(Br)cc1N)N1CCCCC1. The number of carbonyl (C=O) groups is 1. The molecule has 3 N–H and O–H groups in total. The number of anilines is 1. The van der Waals surface area contributed by atoms with Gasteiger partial charge in [-0.05, 0) is 51.1 Å². The maximum absolute atomic E-state index is 12.1. The fraction of sp³-hybridized carbons (Fsp3) is 0.533. The molecular formula is C15H22BrN3O. The molecule has 0 spiro atoms. The fourth-order valence-electron chi connectivity index (χ4n) is 2.56. The van der Waals surface area contributed by atoms with Gasteiger partial charge in [0.15, 0.2) is 0 Å². The minimum atomic E-state index is -0.0983. The topological polar surface area (TPSA) is 58.4 Å².